The van der Waals surface area contributed by atoms with Crippen LogP contribution in [0.15, 0.2) is 24.3 Å². The molecule has 1 saturated heterocycles. The molecule has 106 valence electrons. The SMILES string of the molecule is O=C(NC1CC1)c1cccc(C(=O)N2CCCCC2)c1. The topological polar surface area (TPSA) is 49.4 Å². The third kappa shape index (κ3) is 3.00. The van der Waals surface area contributed by atoms with Gasteiger partial charge in [0.2, 0.25) is 0 Å². The van der Waals surface area contributed by atoms with Crippen LogP contribution >= 0.6 is 0 Å². The zero-order valence-electron chi connectivity index (χ0n) is 11.6. The van der Waals surface area contributed by atoms with E-state index in [0.717, 1.165) is 38.8 Å². The predicted molar refractivity (Wildman–Crippen MR) is 76.7 cm³/mol. The number of nitrogens with one attached hydrogen (secondary N) is 1. The van der Waals surface area contributed by atoms with Crippen LogP contribution in [0.5, 0.6) is 0 Å². The first-order valence-electron chi connectivity index (χ1n) is 7.44. The van der Waals surface area contributed by atoms with Crippen LogP contribution in [0.1, 0.15) is 52.8 Å². The number of amides is 2. The zero-order chi connectivity index (χ0) is 13.9. The smallest absolute Gasteiger partial charge is 0.253 e. The van der Waals surface area contributed by atoms with E-state index in [1.54, 1.807) is 24.3 Å². The van der Waals surface area contributed by atoms with Crippen LogP contribution in [0.4, 0.5) is 0 Å². The van der Waals surface area contributed by atoms with Crippen LogP contribution in [-0.4, -0.2) is 35.8 Å². The molecule has 4 heteroatoms. The van der Waals surface area contributed by atoms with Gasteiger partial charge in [0.1, 0.15) is 0 Å². The standard InChI is InChI=1S/C16H20N2O2/c19-15(17-14-7-8-14)12-5-4-6-13(11-12)16(20)18-9-2-1-3-10-18/h4-6,11,14H,1-3,7-10H2,(H,17,19). The molecule has 0 radical (unpaired) electrons. The largest absolute Gasteiger partial charge is 0.349 e. The second kappa shape index (κ2) is 5.65. The Bertz CT molecular complexity index is 517. The molecule has 0 aromatic heterocycles. The maximum atomic E-state index is 12.4. The summed E-state index contributed by atoms with van der Waals surface area (Å²) in [5, 5.41) is 2.95. The van der Waals surface area contributed by atoms with Crippen molar-refractivity contribution < 1.29 is 9.59 Å². The molecule has 3 rings (SSSR count). The fraction of sp³-hybridized carbons (Fsp3) is 0.500. The first-order chi connectivity index (χ1) is 9.74. The van der Waals surface area contributed by atoms with E-state index in [9.17, 15) is 9.59 Å². The van der Waals surface area contributed by atoms with E-state index in [-0.39, 0.29) is 11.8 Å². The van der Waals surface area contributed by atoms with Crippen molar-refractivity contribution in [1.29, 1.82) is 0 Å². The minimum Gasteiger partial charge on any atom is -0.349 e. The third-order valence-corrected chi connectivity index (χ3v) is 3.93. The van der Waals surface area contributed by atoms with Crippen molar-refractivity contribution in [2.24, 2.45) is 0 Å². The minimum atomic E-state index is -0.0687. The van der Waals surface area contributed by atoms with Gasteiger partial charge in [0.15, 0.2) is 0 Å². The van der Waals surface area contributed by atoms with E-state index in [1.807, 2.05) is 4.90 Å². The fourth-order valence-electron chi connectivity index (χ4n) is 2.57. The van der Waals surface area contributed by atoms with Crippen molar-refractivity contribution in [2.75, 3.05) is 13.1 Å². The third-order valence-electron chi connectivity index (χ3n) is 3.93. The Balaban J connectivity index is 1.72. The second-order valence-electron chi connectivity index (χ2n) is 5.68. The van der Waals surface area contributed by atoms with Gasteiger partial charge in [-0.3, -0.25) is 9.59 Å². The number of nitrogens with zero attached hydrogens (tertiary/aromatic N) is 1. The number of benzene rings is 1. The number of hydrogen-bond acceptors (Lipinski definition) is 2. The average Bonchev–Trinajstić information content (AvgIpc) is 3.31. The molecular formula is C16H20N2O2. The molecule has 0 spiro atoms. The summed E-state index contributed by atoms with van der Waals surface area (Å²) in [5.41, 5.74) is 1.20. The van der Waals surface area contributed by atoms with Gasteiger partial charge >= 0.3 is 0 Å². The van der Waals surface area contributed by atoms with Gasteiger partial charge in [-0.1, -0.05) is 6.07 Å². The first kappa shape index (κ1) is 13.2. The summed E-state index contributed by atoms with van der Waals surface area (Å²) in [6, 6.07) is 7.41. The van der Waals surface area contributed by atoms with E-state index in [2.05, 4.69) is 5.32 Å². The number of carbonyl (C=O) groups is 2. The van der Waals surface area contributed by atoms with Gasteiger partial charge in [-0.15, -0.1) is 0 Å². The van der Waals surface area contributed by atoms with E-state index in [0.29, 0.717) is 17.2 Å². The molecule has 1 heterocycles. The molecule has 2 fully saturated rings. The molecule has 0 unspecified atom stereocenters. The van der Waals surface area contributed by atoms with Gasteiger partial charge in [0.05, 0.1) is 0 Å². The highest BCUT2D eigenvalue weighted by Gasteiger charge is 2.24. The quantitative estimate of drug-likeness (QED) is 0.917. The molecule has 0 bridgehead atoms. The summed E-state index contributed by atoms with van der Waals surface area (Å²) in [6.07, 6.45) is 5.49. The molecule has 1 aliphatic carbocycles. The Kier molecular flexibility index (Phi) is 3.72. The zero-order valence-corrected chi connectivity index (χ0v) is 11.6. The molecule has 1 aromatic rings. The lowest BCUT2D eigenvalue weighted by atomic mass is 10.1. The Morgan fingerprint density at radius 3 is 2.45 bits per heavy atom. The number of hydrogen-bond donors (Lipinski definition) is 1. The van der Waals surface area contributed by atoms with E-state index in [1.165, 1.54) is 6.42 Å². The normalized spacial score (nSPS) is 18.7. The van der Waals surface area contributed by atoms with Gasteiger partial charge < -0.3 is 10.2 Å². The highest BCUT2D eigenvalue weighted by molar-refractivity contribution is 5.99. The molecule has 20 heavy (non-hydrogen) atoms. The van der Waals surface area contributed by atoms with Crippen LogP contribution in [0.25, 0.3) is 0 Å². The monoisotopic (exact) mass is 272 g/mol. The highest BCUT2D eigenvalue weighted by Crippen LogP contribution is 2.20. The lowest BCUT2D eigenvalue weighted by Crippen LogP contribution is -2.35. The molecule has 1 saturated carbocycles. The molecule has 0 atom stereocenters. The van der Waals surface area contributed by atoms with Crippen molar-refractivity contribution in [2.45, 2.75) is 38.1 Å². The Morgan fingerprint density at radius 2 is 1.75 bits per heavy atom. The summed E-state index contributed by atoms with van der Waals surface area (Å²) in [4.78, 5) is 26.3. The van der Waals surface area contributed by atoms with Crippen LogP contribution in [0.3, 0.4) is 0 Å². The number of likely N-dealkylation sites (tertiary alicyclic amines) is 1. The molecule has 2 amide bonds. The number of rotatable bonds is 3. The van der Waals surface area contributed by atoms with Crippen molar-refractivity contribution in [3.8, 4) is 0 Å². The molecule has 1 N–H and O–H groups in total. The van der Waals surface area contributed by atoms with E-state index >= 15 is 0 Å². The van der Waals surface area contributed by atoms with Crippen LogP contribution in [-0.2, 0) is 0 Å². The van der Waals surface area contributed by atoms with Crippen LogP contribution in [0, 0.1) is 0 Å². The summed E-state index contributed by atoms with van der Waals surface area (Å²) in [5.74, 6) is -0.0217. The molecule has 4 nitrogen and oxygen atoms in total. The molecular weight excluding hydrogens is 252 g/mol. The first-order valence-corrected chi connectivity index (χ1v) is 7.44. The maximum Gasteiger partial charge on any atom is 0.253 e. The van der Waals surface area contributed by atoms with E-state index < -0.39 is 0 Å². The van der Waals surface area contributed by atoms with Gasteiger partial charge in [0, 0.05) is 30.3 Å². The number of carbonyl (C=O) groups excluding carboxylic acids is 2. The van der Waals surface area contributed by atoms with E-state index in [4.69, 9.17) is 0 Å². The van der Waals surface area contributed by atoms with Gasteiger partial charge in [-0.05, 0) is 50.3 Å². The van der Waals surface area contributed by atoms with Crippen molar-refractivity contribution in [1.82, 2.24) is 10.2 Å². The molecule has 1 aliphatic heterocycles. The summed E-state index contributed by atoms with van der Waals surface area (Å²) < 4.78 is 0. The summed E-state index contributed by atoms with van der Waals surface area (Å²) >= 11 is 0. The molecule has 1 aromatic carbocycles. The maximum absolute atomic E-state index is 12.4. The Morgan fingerprint density at radius 1 is 1.05 bits per heavy atom. The van der Waals surface area contributed by atoms with Gasteiger partial charge in [-0.25, -0.2) is 0 Å². The predicted octanol–water partition coefficient (Wildman–Crippen LogP) is 2.20. The van der Waals surface area contributed by atoms with Gasteiger partial charge in [0.25, 0.3) is 11.8 Å². The lowest BCUT2D eigenvalue weighted by Gasteiger charge is -2.26. The van der Waals surface area contributed by atoms with Crippen molar-refractivity contribution >= 4 is 11.8 Å². The summed E-state index contributed by atoms with van der Waals surface area (Å²) in [7, 11) is 0. The number of piperidine rings is 1. The minimum absolute atomic E-state index is 0.0470. The van der Waals surface area contributed by atoms with Crippen LogP contribution < -0.4 is 5.32 Å². The fourth-order valence-corrected chi connectivity index (χ4v) is 2.57. The van der Waals surface area contributed by atoms with Crippen LogP contribution in [0.2, 0.25) is 0 Å². The lowest BCUT2D eigenvalue weighted by molar-refractivity contribution is 0.0724. The molecule has 2 aliphatic rings. The Labute approximate surface area is 119 Å². The second-order valence-corrected chi connectivity index (χ2v) is 5.68. The van der Waals surface area contributed by atoms with Gasteiger partial charge in [-0.2, -0.15) is 0 Å². The Hall–Kier alpha value is -1.84. The highest BCUT2D eigenvalue weighted by atomic mass is 16.2. The van der Waals surface area contributed by atoms with Crippen molar-refractivity contribution in [3.63, 3.8) is 0 Å². The summed E-state index contributed by atoms with van der Waals surface area (Å²) in [6.45, 7) is 1.66. The van der Waals surface area contributed by atoms with Crippen molar-refractivity contribution in [3.05, 3.63) is 35.4 Å². The average molecular weight is 272 g/mol.